The van der Waals surface area contributed by atoms with Crippen LogP contribution in [0.3, 0.4) is 0 Å². The van der Waals surface area contributed by atoms with Gasteiger partial charge in [0, 0.05) is 32.7 Å². The van der Waals surface area contributed by atoms with E-state index in [-0.39, 0.29) is 32.2 Å². The molecule has 1 saturated heterocycles. The number of hydrogen-bond donors (Lipinski definition) is 2. The second-order valence-electron chi connectivity index (χ2n) is 5.86. The predicted molar refractivity (Wildman–Crippen MR) is 97.3 cm³/mol. The Bertz CT molecular complexity index is 543. The van der Waals surface area contributed by atoms with Gasteiger partial charge in [-0.25, -0.2) is 0 Å². The normalized spacial score (nSPS) is 16.3. The molecule has 1 atom stereocenters. The fourth-order valence-corrected chi connectivity index (χ4v) is 2.61. The van der Waals surface area contributed by atoms with E-state index in [2.05, 4.69) is 10.6 Å². The molecule has 0 saturated carbocycles. The lowest BCUT2D eigenvalue weighted by atomic mass is 10.2. The molecule has 154 valence electrons. The lowest BCUT2D eigenvalue weighted by Crippen LogP contribution is -2.57. The maximum absolute atomic E-state index is 13.2. The van der Waals surface area contributed by atoms with Crippen LogP contribution in [0.1, 0.15) is 0 Å². The summed E-state index contributed by atoms with van der Waals surface area (Å²) in [4.78, 5) is 13.1. The van der Waals surface area contributed by atoms with Crippen molar-refractivity contribution in [2.24, 2.45) is 0 Å². The Kier molecular flexibility index (Phi) is 10.5. The average molecular weight is 412 g/mol. The molecule has 1 aromatic rings. The summed E-state index contributed by atoms with van der Waals surface area (Å²) in [6.07, 6.45) is -4.39. The Balaban J connectivity index is 0.00000364. The lowest BCUT2D eigenvalue weighted by Gasteiger charge is -2.35. The zero-order valence-corrected chi connectivity index (χ0v) is 15.7. The molecule has 1 unspecified atom stereocenters. The van der Waals surface area contributed by atoms with Crippen LogP contribution in [-0.4, -0.2) is 75.6 Å². The highest BCUT2D eigenvalue weighted by Gasteiger charge is 2.43. The van der Waals surface area contributed by atoms with Crippen molar-refractivity contribution in [3.8, 4) is 5.75 Å². The molecule has 0 radical (unpaired) electrons. The molecular formula is C17H25ClF3N3O3. The molecule has 2 rings (SSSR count). The molecule has 27 heavy (non-hydrogen) atoms. The summed E-state index contributed by atoms with van der Waals surface area (Å²) < 4.78 is 50.2. The number of halogens is 4. The van der Waals surface area contributed by atoms with Crippen LogP contribution >= 0.6 is 12.4 Å². The maximum Gasteiger partial charge on any atom is 0.405 e. The van der Waals surface area contributed by atoms with Gasteiger partial charge in [-0.1, -0.05) is 18.2 Å². The molecule has 1 aliphatic heterocycles. The third-order valence-corrected chi connectivity index (χ3v) is 3.94. The monoisotopic (exact) mass is 411 g/mol. The smallest absolute Gasteiger partial charge is 0.405 e. The van der Waals surface area contributed by atoms with Crippen LogP contribution in [0.15, 0.2) is 30.3 Å². The van der Waals surface area contributed by atoms with Crippen molar-refractivity contribution < 1.29 is 27.4 Å². The van der Waals surface area contributed by atoms with E-state index in [1.807, 2.05) is 18.2 Å². The van der Waals surface area contributed by atoms with Crippen LogP contribution in [0, 0.1) is 0 Å². The summed E-state index contributed by atoms with van der Waals surface area (Å²) in [5.74, 6) is 0.110. The fraction of sp³-hybridized carbons (Fsp3) is 0.588. The molecule has 1 heterocycles. The largest absolute Gasteiger partial charge is 0.491 e. The van der Waals surface area contributed by atoms with E-state index < -0.39 is 24.7 Å². The molecule has 1 fully saturated rings. The van der Waals surface area contributed by atoms with Crippen LogP contribution < -0.4 is 15.4 Å². The second kappa shape index (κ2) is 12.0. The van der Waals surface area contributed by atoms with Gasteiger partial charge in [0.25, 0.3) is 0 Å². The summed E-state index contributed by atoms with van der Waals surface area (Å²) in [5.41, 5.74) is 0. The van der Waals surface area contributed by atoms with Crippen molar-refractivity contribution >= 4 is 18.3 Å². The molecule has 1 aliphatic rings. The quantitative estimate of drug-likeness (QED) is 0.602. The highest BCUT2D eigenvalue weighted by Crippen LogP contribution is 2.24. The van der Waals surface area contributed by atoms with Crippen molar-refractivity contribution in [3.05, 3.63) is 30.3 Å². The standard InChI is InChI=1S/C17H24F3N3O3.ClH/c18-17(19,20)15(23-8-6-21-7-9-23)12-22-16(24)13-25-10-11-26-14-4-2-1-3-5-14;/h1-5,15,21H,6-13H2,(H,22,24);1H. The zero-order valence-electron chi connectivity index (χ0n) is 14.8. The fourth-order valence-electron chi connectivity index (χ4n) is 2.61. The highest BCUT2D eigenvalue weighted by atomic mass is 35.5. The maximum atomic E-state index is 13.2. The van der Waals surface area contributed by atoms with Gasteiger partial charge in [-0.05, 0) is 12.1 Å². The molecule has 1 aromatic carbocycles. The first-order chi connectivity index (χ1) is 12.5. The number of alkyl halides is 3. The minimum absolute atomic E-state index is 0. The zero-order chi connectivity index (χ0) is 18.8. The third kappa shape index (κ3) is 8.79. The van der Waals surface area contributed by atoms with Gasteiger partial charge >= 0.3 is 6.18 Å². The third-order valence-electron chi connectivity index (χ3n) is 3.94. The minimum atomic E-state index is -4.39. The molecule has 0 aromatic heterocycles. The van der Waals surface area contributed by atoms with Gasteiger partial charge in [0.05, 0.1) is 6.61 Å². The summed E-state index contributed by atoms with van der Waals surface area (Å²) in [7, 11) is 0. The van der Waals surface area contributed by atoms with E-state index in [1.54, 1.807) is 12.1 Å². The van der Waals surface area contributed by atoms with Gasteiger partial charge in [-0.3, -0.25) is 9.69 Å². The van der Waals surface area contributed by atoms with Gasteiger partial charge in [-0.2, -0.15) is 13.2 Å². The molecule has 1 amide bonds. The van der Waals surface area contributed by atoms with Crippen LogP contribution in [0.5, 0.6) is 5.75 Å². The summed E-state index contributed by atoms with van der Waals surface area (Å²) in [5, 5.41) is 5.32. The Morgan fingerprint density at radius 3 is 2.48 bits per heavy atom. The molecule has 6 nitrogen and oxygen atoms in total. The van der Waals surface area contributed by atoms with E-state index in [4.69, 9.17) is 9.47 Å². The van der Waals surface area contributed by atoms with Crippen molar-refractivity contribution in [2.45, 2.75) is 12.2 Å². The molecular weight excluding hydrogens is 387 g/mol. The van der Waals surface area contributed by atoms with Gasteiger partial charge in [-0.15, -0.1) is 12.4 Å². The van der Waals surface area contributed by atoms with Crippen molar-refractivity contribution in [3.63, 3.8) is 0 Å². The Morgan fingerprint density at radius 1 is 1.19 bits per heavy atom. The number of carbonyl (C=O) groups is 1. The number of ether oxygens (including phenoxy) is 2. The highest BCUT2D eigenvalue weighted by molar-refractivity contribution is 5.85. The molecule has 0 spiro atoms. The summed E-state index contributed by atoms with van der Waals surface area (Å²) in [6.45, 7) is 1.25. The Hall–Kier alpha value is -1.55. The van der Waals surface area contributed by atoms with Gasteiger partial charge in [0.2, 0.25) is 5.91 Å². The number of piperazine rings is 1. The molecule has 10 heteroatoms. The number of nitrogens with zero attached hydrogens (tertiary/aromatic N) is 1. The van der Waals surface area contributed by atoms with Gasteiger partial charge in [0.15, 0.2) is 0 Å². The molecule has 0 bridgehead atoms. The number of carbonyl (C=O) groups excluding carboxylic acids is 1. The van der Waals surface area contributed by atoms with Crippen molar-refractivity contribution in [1.82, 2.24) is 15.5 Å². The average Bonchev–Trinajstić information content (AvgIpc) is 2.62. The SMILES string of the molecule is Cl.O=C(COCCOc1ccccc1)NCC(N1CCNCC1)C(F)(F)F. The topological polar surface area (TPSA) is 62.8 Å². The lowest BCUT2D eigenvalue weighted by molar-refractivity contribution is -0.184. The van der Waals surface area contributed by atoms with Crippen LogP contribution in [-0.2, 0) is 9.53 Å². The van der Waals surface area contributed by atoms with E-state index in [1.165, 1.54) is 4.90 Å². The Labute approximate surface area is 162 Å². The first-order valence-electron chi connectivity index (χ1n) is 8.50. The predicted octanol–water partition coefficient (Wildman–Crippen LogP) is 1.46. The number of amides is 1. The van der Waals surface area contributed by atoms with E-state index >= 15 is 0 Å². The number of hydrogen-bond acceptors (Lipinski definition) is 5. The molecule has 2 N–H and O–H groups in total. The van der Waals surface area contributed by atoms with Crippen molar-refractivity contribution in [2.75, 3.05) is 52.5 Å². The minimum Gasteiger partial charge on any atom is -0.491 e. The van der Waals surface area contributed by atoms with E-state index in [9.17, 15) is 18.0 Å². The van der Waals surface area contributed by atoms with Crippen molar-refractivity contribution in [1.29, 1.82) is 0 Å². The van der Waals surface area contributed by atoms with Crippen LogP contribution in [0.4, 0.5) is 13.2 Å². The number of rotatable bonds is 9. The summed E-state index contributed by atoms with van der Waals surface area (Å²) in [6, 6.07) is 7.43. The second-order valence-corrected chi connectivity index (χ2v) is 5.86. The van der Waals surface area contributed by atoms with Crippen LogP contribution in [0.25, 0.3) is 0 Å². The first-order valence-corrected chi connectivity index (χ1v) is 8.50. The first kappa shape index (κ1) is 23.5. The van der Waals surface area contributed by atoms with E-state index in [0.717, 1.165) is 0 Å². The van der Waals surface area contributed by atoms with E-state index in [0.29, 0.717) is 31.9 Å². The Morgan fingerprint density at radius 2 is 1.85 bits per heavy atom. The van der Waals surface area contributed by atoms with Gasteiger partial charge < -0.3 is 20.1 Å². The molecule has 0 aliphatic carbocycles. The van der Waals surface area contributed by atoms with Crippen LogP contribution in [0.2, 0.25) is 0 Å². The van der Waals surface area contributed by atoms with Gasteiger partial charge in [0.1, 0.15) is 25.0 Å². The number of benzene rings is 1. The number of nitrogens with one attached hydrogen (secondary N) is 2. The number of para-hydroxylation sites is 1. The summed E-state index contributed by atoms with van der Waals surface area (Å²) >= 11 is 0.